The fourth-order valence-corrected chi connectivity index (χ4v) is 5.79. The number of fused-ring (bicyclic) bond motifs is 1. The van der Waals surface area contributed by atoms with Gasteiger partial charge in [0, 0.05) is 43.8 Å². The van der Waals surface area contributed by atoms with Crippen molar-refractivity contribution in [3.05, 3.63) is 48.7 Å². The van der Waals surface area contributed by atoms with Crippen molar-refractivity contribution in [1.82, 2.24) is 19.3 Å². The predicted molar refractivity (Wildman–Crippen MR) is 134 cm³/mol. The molecule has 0 amide bonds. The van der Waals surface area contributed by atoms with E-state index in [1.54, 1.807) is 41.8 Å². The number of nitrogens with two attached hydrogens (primary N) is 1. The molecule has 0 aliphatic carbocycles. The summed E-state index contributed by atoms with van der Waals surface area (Å²) in [5.41, 5.74) is 8.14. The molecule has 0 bridgehead atoms. The average molecular weight is 497 g/mol. The largest absolute Gasteiger partial charge is 0.384 e. The molecule has 1 fully saturated rings. The summed E-state index contributed by atoms with van der Waals surface area (Å²) >= 11 is 1.55. The summed E-state index contributed by atoms with van der Waals surface area (Å²) in [6.45, 7) is 2.73. The molecule has 1 aliphatic rings. The predicted octanol–water partition coefficient (Wildman–Crippen LogP) is 3.09. The maximum absolute atomic E-state index is 12.6. The summed E-state index contributed by atoms with van der Waals surface area (Å²) in [6.07, 6.45) is 1.67. The van der Waals surface area contributed by atoms with E-state index in [4.69, 9.17) is 20.4 Å². The Labute approximate surface area is 201 Å². The average Bonchev–Trinajstić information content (AvgIpc) is 3.29. The van der Waals surface area contributed by atoms with Crippen LogP contribution < -0.4 is 10.6 Å². The van der Waals surface area contributed by atoms with Crippen LogP contribution in [0.4, 0.5) is 11.6 Å². The fraction of sp³-hybridized carbons (Fsp3) is 0.261. The molecule has 0 radical (unpaired) electrons. The normalized spacial score (nSPS) is 14.7. The van der Waals surface area contributed by atoms with Gasteiger partial charge in [-0.1, -0.05) is 12.1 Å². The van der Waals surface area contributed by atoms with Gasteiger partial charge in [-0.05, 0) is 35.9 Å². The number of nitrogens with zero attached hydrogens (tertiary/aromatic N) is 5. The van der Waals surface area contributed by atoms with Crippen LogP contribution in [-0.4, -0.2) is 68.1 Å². The molecule has 0 unspecified atom stereocenters. The Morgan fingerprint density at radius 1 is 1.06 bits per heavy atom. The van der Waals surface area contributed by atoms with Crippen molar-refractivity contribution in [2.45, 2.75) is 4.90 Å². The third kappa shape index (κ3) is 4.23. The molecule has 0 saturated carbocycles. The number of thiophene rings is 1. The van der Waals surface area contributed by atoms with E-state index in [0.717, 1.165) is 45.1 Å². The number of aromatic nitrogens is 3. The van der Waals surface area contributed by atoms with Crippen molar-refractivity contribution >= 4 is 43.2 Å². The molecule has 0 atom stereocenters. The van der Waals surface area contributed by atoms with Gasteiger partial charge in [-0.25, -0.2) is 27.7 Å². The van der Waals surface area contributed by atoms with Gasteiger partial charge in [-0.15, -0.1) is 11.3 Å². The van der Waals surface area contributed by atoms with Gasteiger partial charge in [0.1, 0.15) is 5.82 Å². The van der Waals surface area contributed by atoms with Crippen LogP contribution in [0.5, 0.6) is 0 Å². The summed E-state index contributed by atoms with van der Waals surface area (Å²) in [5, 5.41) is 0. The van der Waals surface area contributed by atoms with Gasteiger partial charge in [-0.2, -0.15) is 0 Å². The maximum Gasteiger partial charge on any atom is 0.242 e. The summed E-state index contributed by atoms with van der Waals surface area (Å²) in [4.78, 5) is 17.3. The quantitative estimate of drug-likeness (QED) is 0.448. The minimum Gasteiger partial charge on any atom is -0.384 e. The van der Waals surface area contributed by atoms with Crippen LogP contribution in [0.1, 0.15) is 0 Å². The lowest BCUT2D eigenvalue weighted by molar-refractivity contribution is 0.122. The first-order valence-electron chi connectivity index (χ1n) is 10.7. The number of morpholine rings is 1. The van der Waals surface area contributed by atoms with Crippen molar-refractivity contribution in [1.29, 1.82) is 0 Å². The van der Waals surface area contributed by atoms with E-state index in [2.05, 4.69) is 9.88 Å². The van der Waals surface area contributed by atoms with E-state index in [1.807, 2.05) is 18.2 Å². The minimum atomic E-state index is -3.54. The van der Waals surface area contributed by atoms with Crippen molar-refractivity contribution in [2.24, 2.45) is 0 Å². The number of rotatable bonds is 5. The van der Waals surface area contributed by atoms with Gasteiger partial charge in [0.15, 0.2) is 11.6 Å². The van der Waals surface area contributed by atoms with Gasteiger partial charge in [0.2, 0.25) is 10.0 Å². The molecular formula is C23H24N6O3S2. The van der Waals surface area contributed by atoms with E-state index < -0.39 is 10.0 Å². The number of ether oxygens (including phenoxy) is 1. The molecule has 1 aromatic carbocycles. The molecule has 4 heterocycles. The lowest BCUT2D eigenvalue weighted by Gasteiger charge is -2.28. The lowest BCUT2D eigenvalue weighted by Crippen LogP contribution is -2.36. The van der Waals surface area contributed by atoms with Gasteiger partial charge in [-0.3, -0.25) is 0 Å². The van der Waals surface area contributed by atoms with E-state index in [9.17, 15) is 8.42 Å². The van der Waals surface area contributed by atoms with Crippen LogP contribution in [0, 0.1) is 0 Å². The number of hydrogen-bond acceptors (Lipinski definition) is 9. The zero-order valence-electron chi connectivity index (χ0n) is 18.8. The zero-order chi connectivity index (χ0) is 23.9. The van der Waals surface area contributed by atoms with Gasteiger partial charge in [0.25, 0.3) is 0 Å². The highest BCUT2D eigenvalue weighted by Crippen LogP contribution is 2.39. The molecule has 11 heteroatoms. The van der Waals surface area contributed by atoms with Crippen molar-refractivity contribution in [3.63, 3.8) is 0 Å². The van der Waals surface area contributed by atoms with Gasteiger partial charge < -0.3 is 15.4 Å². The number of benzene rings is 1. The number of anilines is 2. The van der Waals surface area contributed by atoms with Crippen LogP contribution in [0.3, 0.4) is 0 Å². The Morgan fingerprint density at radius 2 is 1.85 bits per heavy atom. The Bertz CT molecular complexity index is 1450. The molecule has 0 spiro atoms. The highest BCUT2D eigenvalue weighted by atomic mass is 32.2. The topological polar surface area (TPSA) is 115 Å². The lowest BCUT2D eigenvalue weighted by atomic mass is 10.2. The molecule has 3 aromatic heterocycles. The smallest absolute Gasteiger partial charge is 0.242 e. The van der Waals surface area contributed by atoms with E-state index in [-0.39, 0.29) is 4.90 Å². The molecular weight excluding hydrogens is 472 g/mol. The van der Waals surface area contributed by atoms with E-state index in [0.29, 0.717) is 24.9 Å². The molecule has 34 heavy (non-hydrogen) atoms. The monoisotopic (exact) mass is 496 g/mol. The van der Waals surface area contributed by atoms with Gasteiger partial charge in [0.05, 0.1) is 28.3 Å². The molecule has 5 rings (SSSR count). The van der Waals surface area contributed by atoms with Crippen molar-refractivity contribution in [3.8, 4) is 21.8 Å². The number of nitrogen functional groups attached to an aromatic ring is 1. The first-order chi connectivity index (χ1) is 16.3. The van der Waals surface area contributed by atoms with Crippen molar-refractivity contribution < 1.29 is 13.2 Å². The number of sulfonamides is 1. The first kappa shape index (κ1) is 22.7. The number of hydrogen-bond donors (Lipinski definition) is 1. The summed E-state index contributed by atoms with van der Waals surface area (Å²) < 4.78 is 33.0. The van der Waals surface area contributed by atoms with Crippen LogP contribution in [0.25, 0.3) is 32.0 Å². The van der Waals surface area contributed by atoms with Crippen LogP contribution >= 0.6 is 11.3 Å². The minimum absolute atomic E-state index is 0.251. The van der Waals surface area contributed by atoms with Crippen LogP contribution in [-0.2, 0) is 14.8 Å². The molecule has 9 nitrogen and oxygen atoms in total. The van der Waals surface area contributed by atoms with E-state index in [1.165, 1.54) is 18.4 Å². The Hall–Kier alpha value is -3.12. The molecule has 4 aromatic rings. The third-order valence-electron chi connectivity index (χ3n) is 5.61. The van der Waals surface area contributed by atoms with Crippen LogP contribution in [0.15, 0.2) is 53.6 Å². The highest BCUT2D eigenvalue weighted by molar-refractivity contribution is 7.89. The maximum atomic E-state index is 12.6. The summed E-state index contributed by atoms with van der Waals surface area (Å²) in [6, 6.07) is 12.6. The summed E-state index contributed by atoms with van der Waals surface area (Å²) in [7, 11) is -0.484. The Balaban J connectivity index is 1.65. The number of pyridine rings is 1. The van der Waals surface area contributed by atoms with Crippen molar-refractivity contribution in [2.75, 3.05) is 51.0 Å². The first-order valence-corrected chi connectivity index (χ1v) is 13.0. The van der Waals surface area contributed by atoms with E-state index >= 15 is 0 Å². The zero-order valence-corrected chi connectivity index (χ0v) is 20.4. The standard InChI is InChI=1S/C23H24N6O3S2/c1-28(2)34(30,31)17-5-3-4-15(12-17)19-13-18-21(33-19)23(29-8-10-32-11-9-29)27-22(26-18)16-6-7-20(24)25-14-16/h3-7,12-14H,8-11H2,1-2H3,(H2,24,25). The Kier molecular flexibility index (Phi) is 5.94. The second-order valence-electron chi connectivity index (χ2n) is 8.08. The summed E-state index contributed by atoms with van der Waals surface area (Å²) in [5.74, 6) is 1.84. The highest BCUT2D eigenvalue weighted by Gasteiger charge is 2.22. The SMILES string of the molecule is CN(C)S(=O)(=O)c1cccc(-c2cc3nc(-c4ccc(N)nc4)nc(N4CCOCC4)c3s2)c1. The molecule has 176 valence electrons. The Morgan fingerprint density at radius 3 is 2.56 bits per heavy atom. The third-order valence-corrected chi connectivity index (χ3v) is 8.59. The van der Waals surface area contributed by atoms with Crippen LogP contribution in [0.2, 0.25) is 0 Å². The molecule has 1 aliphatic heterocycles. The second-order valence-corrected chi connectivity index (χ2v) is 11.3. The molecule has 2 N–H and O–H groups in total. The molecule has 1 saturated heterocycles. The fourth-order valence-electron chi connectivity index (χ4n) is 3.73. The second kappa shape index (κ2) is 8.91. The van der Waals surface area contributed by atoms with Gasteiger partial charge >= 0.3 is 0 Å².